The molecule has 78 valence electrons. The van der Waals surface area contributed by atoms with E-state index in [2.05, 4.69) is 4.85 Å². The fourth-order valence-electron chi connectivity index (χ4n) is 1.09. The van der Waals surface area contributed by atoms with Crippen LogP contribution in [-0.4, -0.2) is 12.4 Å². The molecule has 0 fully saturated rings. The highest BCUT2D eigenvalue weighted by Gasteiger charge is 2.07. The van der Waals surface area contributed by atoms with Crippen molar-refractivity contribution in [2.45, 2.75) is 26.4 Å². The van der Waals surface area contributed by atoms with Crippen LogP contribution in [0.1, 0.15) is 30.6 Å². The molecule has 3 heteroatoms. The van der Waals surface area contributed by atoms with E-state index in [4.69, 9.17) is 11.3 Å². The van der Waals surface area contributed by atoms with Crippen molar-refractivity contribution in [3.05, 3.63) is 35.2 Å². The van der Waals surface area contributed by atoms with Crippen LogP contribution in [0.25, 0.3) is 4.85 Å². The molecule has 0 bridgehead atoms. The van der Waals surface area contributed by atoms with Gasteiger partial charge in [0.25, 0.3) is 0 Å². The van der Waals surface area contributed by atoms with Gasteiger partial charge < -0.3 is 4.74 Å². The topological polar surface area (TPSA) is 30.7 Å². The van der Waals surface area contributed by atoms with Crippen molar-refractivity contribution >= 4 is 12.0 Å². The second kappa shape index (κ2) is 5.16. The van der Waals surface area contributed by atoms with Crippen molar-refractivity contribution in [3.63, 3.8) is 0 Å². The summed E-state index contributed by atoms with van der Waals surface area (Å²) < 4.78 is 5.56. The Morgan fingerprint density at radius 1 is 1.60 bits per heavy atom. The number of nitrogens with zero attached hydrogens (tertiary/aromatic N) is 1. The third-order valence-corrected chi connectivity index (χ3v) is 2.14. The van der Waals surface area contributed by atoms with E-state index in [1.807, 2.05) is 13.8 Å². The summed E-state index contributed by atoms with van der Waals surface area (Å²) in [5, 5.41) is 0. The standard InChI is InChI=1S/C12H13NO2/c1-4-9(2)15-12-6-5-10(8-14)7-11(12)13-3/h5-9H,4H2,1-2H3/t9-/m0/s1. The van der Waals surface area contributed by atoms with Crippen LogP contribution in [0.3, 0.4) is 0 Å². The molecule has 0 saturated carbocycles. The van der Waals surface area contributed by atoms with E-state index in [0.717, 1.165) is 12.7 Å². The average molecular weight is 203 g/mol. The first-order valence-electron chi connectivity index (χ1n) is 4.84. The molecule has 15 heavy (non-hydrogen) atoms. The van der Waals surface area contributed by atoms with Gasteiger partial charge in [0.2, 0.25) is 5.69 Å². The molecular weight excluding hydrogens is 190 g/mol. The van der Waals surface area contributed by atoms with Crippen molar-refractivity contribution in [3.8, 4) is 5.75 Å². The highest BCUT2D eigenvalue weighted by molar-refractivity contribution is 5.78. The van der Waals surface area contributed by atoms with Gasteiger partial charge in [-0.15, -0.1) is 0 Å². The quantitative estimate of drug-likeness (QED) is 0.555. The first-order chi connectivity index (χ1) is 7.21. The molecule has 0 unspecified atom stereocenters. The van der Waals surface area contributed by atoms with Gasteiger partial charge in [0.15, 0.2) is 0 Å². The molecule has 0 aromatic heterocycles. The summed E-state index contributed by atoms with van der Waals surface area (Å²) in [6.45, 7) is 10.9. The summed E-state index contributed by atoms with van der Waals surface area (Å²) in [7, 11) is 0. The zero-order chi connectivity index (χ0) is 11.3. The van der Waals surface area contributed by atoms with E-state index in [1.54, 1.807) is 12.1 Å². The molecule has 0 heterocycles. The molecule has 3 nitrogen and oxygen atoms in total. The maximum atomic E-state index is 10.5. The number of carbonyl (C=O) groups excluding carboxylic acids is 1. The zero-order valence-corrected chi connectivity index (χ0v) is 8.86. The summed E-state index contributed by atoms with van der Waals surface area (Å²) in [4.78, 5) is 13.9. The Morgan fingerprint density at radius 2 is 2.33 bits per heavy atom. The monoisotopic (exact) mass is 203 g/mol. The van der Waals surface area contributed by atoms with Crippen molar-refractivity contribution in [1.82, 2.24) is 0 Å². The van der Waals surface area contributed by atoms with E-state index in [1.165, 1.54) is 6.07 Å². The molecule has 0 saturated heterocycles. The maximum absolute atomic E-state index is 10.5. The molecule has 1 aromatic carbocycles. The van der Waals surface area contributed by atoms with Crippen LogP contribution >= 0.6 is 0 Å². The smallest absolute Gasteiger partial charge is 0.228 e. The first-order valence-corrected chi connectivity index (χ1v) is 4.84. The predicted molar refractivity (Wildman–Crippen MR) is 58.5 cm³/mol. The SMILES string of the molecule is [C-]#[N+]c1cc(C=O)ccc1O[C@@H](C)CC. The lowest BCUT2D eigenvalue weighted by molar-refractivity contribution is 0.112. The van der Waals surface area contributed by atoms with Crippen LogP contribution in [-0.2, 0) is 0 Å². The van der Waals surface area contributed by atoms with Gasteiger partial charge in [-0.3, -0.25) is 4.79 Å². The first kappa shape index (κ1) is 11.3. The summed E-state index contributed by atoms with van der Waals surface area (Å²) in [6.07, 6.45) is 1.68. The van der Waals surface area contributed by atoms with Gasteiger partial charge in [-0.1, -0.05) is 13.0 Å². The van der Waals surface area contributed by atoms with E-state index in [0.29, 0.717) is 17.0 Å². The van der Waals surface area contributed by atoms with Gasteiger partial charge in [0.05, 0.1) is 12.7 Å². The Balaban J connectivity index is 2.98. The summed E-state index contributed by atoms with van der Waals surface area (Å²) in [5.41, 5.74) is 0.886. The molecule has 0 radical (unpaired) electrons. The average Bonchev–Trinajstić information content (AvgIpc) is 2.29. The van der Waals surface area contributed by atoms with Crippen LogP contribution in [0, 0.1) is 6.57 Å². The minimum Gasteiger partial charge on any atom is -0.502 e. The van der Waals surface area contributed by atoms with Gasteiger partial charge in [-0.25, -0.2) is 4.85 Å². The predicted octanol–water partition coefficient (Wildman–Crippen LogP) is 3.23. The second-order valence-electron chi connectivity index (χ2n) is 3.29. The Morgan fingerprint density at radius 3 is 2.87 bits per heavy atom. The number of aldehydes is 1. The highest BCUT2D eigenvalue weighted by atomic mass is 16.5. The fourth-order valence-corrected chi connectivity index (χ4v) is 1.09. The maximum Gasteiger partial charge on any atom is 0.228 e. The molecular formula is C12H13NO2. The normalized spacial score (nSPS) is 11.5. The van der Waals surface area contributed by atoms with Crippen molar-refractivity contribution in [2.75, 3.05) is 0 Å². The number of carbonyl (C=O) groups is 1. The molecule has 0 N–H and O–H groups in total. The molecule has 0 aliphatic carbocycles. The van der Waals surface area contributed by atoms with Crippen LogP contribution in [0.5, 0.6) is 5.75 Å². The Bertz CT molecular complexity index is 393. The Labute approximate surface area is 89.5 Å². The molecule has 1 aromatic rings. The van der Waals surface area contributed by atoms with Crippen molar-refractivity contribution in [2.24, 2.45) is 0 Å². The van der Waals surface area contributed by atoms with E-state index >= 15 is 0 Å². The van der Waals surface area contributed by atoms with Crippen molar-refractivity contribution < 1.29 is 9.53 Å². The third-order valence-electron chi connectivity index (χ3n) is 2.14. The summed E-state index contributed by atoms with van der Waals surface area (Å²) >= 11 is 0. The molecule has 0 amide bonds. The van der Waals surface area contributed by atoms with Crippen LogP contribution < -0.4 is 4.74 Å². The van der Waals surface area contributed by atoms with E-state index in [-0.39, 0.29) is 6.10 Å². The number of ether oxygens (including phenoxy) is 1. The summed E-state index contributed by atoms with van der Waals surface area (Å²) in [6, 6.07) is 4.86. The van der Waals surface area contributed by atoms with Crippen molar-refractivity contribution in [1.29, 1.82) is 0 Å². The van der Waals surface area contributed by atoms with Gasteiger partial charge in [-0.2, -0.15) is 0 Å². The van der Waals surface area contributed by atoms with Crippen LogP contribution in [0.15, 0.2) is 18.2 Å². The highest BCUT2D eigenvalue weighted by Crippen LogP contribution is 2.29. The van der Waals surface area contributed by atoms with Gasteiger partial charge in [-0.05, 0) is 25.5 Å². The Hall–Kier alpha value is -1.82. The van der Waals surface area contributed by atoms with Gasteiger partial charge in [0.1, 0.15) is 12.0 Å². The molecule has 1 atom stereocenters. The molecule has 0 spiro atoms. The Kier molecular flexibility index (Phi) is 3.87. The number of hydrogen-bond acceptors (Lipinski definition) is 2. The van der Waals surface area contributed by atoms with E-state index in [9.17, 15) is 4.79 Å². The minimum absolute atomic E-state index is 0.0765. The summed E-state index contributed by atoms with van der Waals surface area (Å²) in [5.74, 6) is 0.546. The number of benzene rings is 1. The van der Waals surface area contributed by atoms with Gasteiger partial charge >= 0.3 is 0 Å². The van der Waals surface area contributed by atoms with E-state index < -0.39 is 0 Å². The minimum atomic E-state index is 0.0765. The second-order valence-corrected chi connectivity index (χ2v) is 3.29. The van der Waals surface area contributed by atoms with Crippen LogP contribution in [0.2, 0.25) is 0 Å². The lowest BCUT2D eigenvalue weighted by Gasteiger charge is -2.13. The third kappa shape index (κ3) is 2.81. The molecule has 1 rings (SSSR count). The lowest BCUT2D eigenvalue weighted by Crippen LogP contribution is -2.09. The number of rotatable bonds is 4. The number of hydrogen-bond donors (Lipinski definition) is 0. The lowest BCUT2D eigenvalue weighted by atomic mass is 10.2. The van der Waals surface area contributed by atoms with Gasteiger partial charge in [0, 0.05) is 5.56 Å². The fraction of sp³-hybridized carbons (Fsp3) is 0.333. The zero-order valence-electron chi connectivity index (χ0n) is 8.86. The largest absolute Gasteiger partial charge is 0.502 e. The molecule has 0 aliphatic heterocycles. The molecule has 0 aliphatic rings. The van der Waals surface area contributed by atoms with Crippen LogP contribution in [0.4, 0.5) is 5.69 Å².